The van der Waals surface area contributed by atoms with Gasteiger partial charge in [0.1, 0.15) is 11.3 Å². The molecule has 27 heavy (non-hydrogen) atoms. The number of aromatic nitrogens is 1. The summed E-state index contributed by atoms with van der Waals surface area (Å²) in [4.78, 5) is 12.8. The fourth-order valence-electron chi connectivity index (χ4n) is 2.96. The van der Waals surface area contributed by atoms with Gasteiger partial charge < -0.3 is 14.0 Å². The van der Waals surface area contributed by atoms with Gasteiger partial charge in [-0.15, -0.1) is 0 Å². The summed E-state index contributed by atoms with van der Waals surface area (Å²) in [5.41, 5.74) is 1.37. The highest BCUT2D eigenvalue weighted by atomic mass is 35.5. The number of hydrogen-bond acceptors (Lipinski definition) is 5. The number of benzene rings is 1. The summed E-state index contributed by atoms with van der Waals surface area (Å²) in [6.07, 6.45) is 4.76. The minimum atomic E-state index is -0.318. The van der Waals surface area contributed by atoms with E-state index in [2.05, 4.69) is 17.0 Å². The van der Waals surface area contributed by atoms with Gasteiger partial charge in [0.15, 0.2) is 12.1 Å². The van der Waals surface area contributed by atoms with Crippen molar-refractivity contribution >= 4 is 17.4 Å². The fourth-order valence-corrected chi connectivity index (χ4v) is 3.18. The molecule has 5 nitrogen and oxygen atoms in total. The van der Waals surface area contributed by atoms with Crippen LogP contribution in [0.25, 0.3) is 11.3 Å². The van der Waals surface area contributed by atoms with E-state index < -0.39 is 0 Å². The lowest BCUT2D eigenvalue weighted by atomic mass is 10.0. The van der Waals surface area contributed by atoms with Crippen molar-refractivity contribution in [2.45, 2.75) is 45.0 Å². The Morgan fingerprint density at radius 3 is 2.85 bits per heavy atom. The first-order valence-corrected chi connectivity index (χ1v) is 9.62. The van der Waals surface area contributed by atoms with Crippen LogP contribution in [0.2, 0.25) is 5.02 Å². The minimum Gasteiger partial charge on any atom is -0.355 e. The van der Waals surface area contributed by atoms with Crippen LogP contribution >= 0.6 is 11.6 Å². The topological polar surface area (TPSA) is 61.6 Å². The third-order valence-electron chi connectivity index (χ3n) is 4.62. The number of hydrogen-bond donors (Lipinski definition) is 0. The van der Waals surface area contributed by atoms with Crippen LogP contribution in [0.3, 0.4) is 0 Å². The Balaban J connectivity index is 1.63. The quantitative estimate of drug-likeness (QED) is 0.426. The molecule has 0 amide bonds. The molecule has 4 rings (SSSR count). The molecule has 2 fully saturated rings. The molecule has 2 heterocycles. The van der Waals surface area contributed by atoms with Crippen LogP contribution < -0.4 is 0 Å². The van der Waals surface area contributed by atoms with E-state index in [1.54, 1.807) is 12.1 Å². The third-order valence-corrected chi connectivity index (χ3v) is 4.95. The van der Waals surface area contributed by atoms with E-state index in [1.165, 1.54) is 0 Å². The highest BCUT2D eigenvalue weighted by molar-refractivity contribution is 6.33. The molecule has 1 atom stereocenters. The fraction of sp³-hybridized carbons (Fsp3) is 0.429. The Hall–Kier alpha value is -2.13. The zero-order chi connectivity index (χ0) is 18.6. The van der Waals surface area contributed by atoms with Crippen LogP contribution in [-0.4, -0.2) is 23.8 Å². The Morgan fingerprint density at radius 1 is 1.26 bits per heavy atom. The Kier molecular flexibility index (Phi) is 5.58. The van der Waals surface area contributed by atoms with Crippen LogP contribution in [0.15, 0.2) is 28.8 Å². The Labute approximate surface area is 163 Å². The zero-order valence-corrected chi connectivity index (χ0v) is 15.6. The van der Waals surface area contributed by atoms with Gasteiger partial charge in [0, 0.05) is 18.1 Å². The summed E-state index contributed by atoms with van der Waals surface area (Å²) < 4.78 is 16.9. The molecular formula is C21H20ClNO4. The van der Waals surface area contributed by atoms with Crippen molar-refractivity contribution in [1.29, 1.82) is 0 Å². The molecule has 1 aliphatic carbocycles. The molecule has 0 N–H and O–H groups in total. The molecular weight excluding hydrogens is 366 g/mol. The maximum atomic E-state index is 12.8. The average Bonchev–Trinajstić information content (AvgIpc) is 3.43. The van der Waals surface area contributed by atoms with E-state index in [0.717, 1.165) is 32.1 Å². The van der Waals surface area contributed by atoms with Gasteiger partial charge in [0.05, 0.1) is 11.6 Å². The lowest BCUT2D eigenvalue weighted by Crippen LogP contribution is -2.22. The highest BCUT2D eigenvalue weighted by Gasteiger charge is 2.26. The second kappa shape index (κ2) is 8.26. The number of carbonyl (C=O) groups excluding carboxylic acids is 1. The lowest BCUT2D eigenvalue weighted by Gasteiger charge is -2.22. The van der Waals surface area contributed by atoms with Gasteiger partial charge >= 0.3 is 0 Å². The van der Waals surface area contributed by atoms with Gasteiger partial charge in [-0.2, -0.15) is 0 Å². The van der Waals surface area contributed by atoms with E-state index in [0.29, 0.717) is 40.1 Å². The van der Waals surface area contributed by atoms with Crippen molar-refractivity contribution < 1.29 is 18.8 Å². The summed E-state index contributed by atoms with van der Waals surface area (Å²) >= 11 is 6.29. The largest absolute Gasteiger partial charge is 0.355 e. The van der Waals surface area contributed by atoms with E-state index in [9.17, 15) is 4.79 Å². The molecule has 0 spiro atoms. The number of ketones is 1. The predicted molar refractivity (Wildman–Crippen MR) is 100 cm³/mol. The van der Waals surface area contributed by atoms with Crippen molar-refractivity contribution in [3.05, 3.63) is 40.5 Å². The van der Waals surface area contributed by atoms with Gasteiger partial charge in [-0.05, 0) is 50.2 Å². The summed E-state index contributed by atoms with van der Waals surface area (Å²) in [5.74, 6) is 6.08. The molecule has 0 bridgehead atoms. The van der Waals surface area contributed by atoms with Gasteiger partial charge in [-0.25, -0.2) is 0 Å². The smallest absolute Gasteiger partial charge is 0.241 e. The monoisotopic (exact) mass is 385 g/mol. The van der Waals surface area contributed by atoms with Gasteiger partial charge in [0.25, 0.3) is 0 Å². The first kappa shape index (κ1) is 18.2. The maximum Gasteiger partial charge on any atom is 0.241 e. The SMILES string of the molecule is O=C(C#CC1CC1)c1c(COC2CCCCO2)noc1-c1ccccc1Cl. The molecule has 1 saturated carbocycles. The van der Waals surface area contributed by atoms with Crippen molar-refractivity contribution in [1.82, 2.24) is 5.16 Å². The van der Waals surface area contributed by atoms with E-state index in [4.69, 9.17) is 25.6 Å². The van der Waals surface area contributed by atoms with Crippen LogP contribution in [0.5, 0.6) is 0 Å². The van der Waals surface area contributed by atoms with Crippen molar-refractivity contribution in [2.75, 3.05) is 6.61 Å². The van der Waals surface area contributed by atoms with E-state index in [-0.39, 0.29) is 18.7 Å². The molecule has 1 aromatic heterocycles. The van der Waals surface area contributed by atoms with Crippen molar-refractivity contribution in [2.24, 2.45) is 5.92 Å². The van der Waals surface area contributed by atoms with Crippen LogP contribution in [-0.2, 0) is 16.1 Å². The average molecular weight is 386 g/mol. The van der Waals surface area contributed by atoms with E-state index in [1.807, 2.05) is 12.1 Å². The second-order valence-corrected chi connectivity index (χ2v) is 7.20. The minimum absolute atomic E-state index is 0.130. The molecule has 140 valence electrons. The van der Waals surface area contributed by atoms with Crippen molar-refractivity contribution in [3.8, 4) is 23.2 Å². The number of halogens is 1. The Bertz CT molecular complexity index is 885. The first-order chi connectivity index (χ1) is 13.2. The summed E-state index contributed by atoms with van der Waals surface area (Å²) in [5, 5.41) is 4.57. The van der Waals surface area contributed by atoms with Crippen LogP contribution in [0.4, 0.5) is 0 Å². The maximum absolute atomic E-state index is 12.8. The molecule has 1 saturated heterocycles. The zero-order valence-electron chi connectivity index (χ0n) is 14.9. The molecule has 1 unspecified atom stereocenters. The van der Waals surface area contributed by atoms with Gasteiger partial charge in [-0.1, -0.05) is 34.8 Å². The standard InChI is InChI=1S/C21H20ClNO4/c22-16-6-2-1-5-15(16)21-20(18(24)11-10-14-8-9-14)17(23-27-21)13-26-19-7-3-4-12-25-19/h1-2,5-6,14,19H,3-4,7-9,12-13H2. The van der Waals surface area contributed by atoms with Crippen LogP contribution in [0.1, 0.15) is 48.2 Å². The molecule has 1 aromatic carbocycles. The predicted octanol–water partition coefficient (Wildman–Crippen LogP) is 4.63. The highest BCUT2D eigenvalue weighted by Crippen LogP contribution is 2.33. The Morgan fingerprint density at radius 2 is 2.11 bits per heavy atom. The number of rotatable bonds is 5. The molecule has 2 aliphatic rings. The molecule has 0 radical (unpaired) electrons. The number of Topliss-reactive ketones (excluding diaryl/α,β-unsaturated/α-hetero) is 1. The van der Waals surface area contributed by atoms with Crippen LogP contribution in [0, 0.1) is 17.8 Å². The number of carbonyl (C=O) groups is 1. The van der Waals surface area contributed by atoms with Crippen molar-refractivity contribution in [3.63, 3.8) is 0 Å². The summed E-state index contributed by atoms with van der Waals surface area (Å²) in [7, 11) is 0. The summed E-state index contributed by atoms with van der Waals surface area (Å²) in [6, 6.07) is 7.19. The van der Waals surface area contributed by atoms with E-state index >= 15 is 0 Å². The normalized spacial score (nSPS) is 19.4. The van der Waals surface area contributed by atoms with Gasteiger partial charge in [0.2, 0.25) is 5.78 Å². The molecule has 2 aromatic rings. The molecule has 1 aliphatic heterocycles. The summed E-state index contributed by atoms with van der Waals surface area (Å²) in [6.45, 7) is 0.817. The number of nitrogens with zero attached hydrogens (tertiary/aromatic N) is 1. The number of ether oxygens (including phenoxy) is 2. The lowest BCUT2D eigenvalue weighted by molar-refractivity contribution is -0.169. The first-order valence-electron chi connectivity index (χ1n) is 9.25. The second-order valence-electron chi connectivity index (χ2n) is 6.79. The molecule has 6 heteroatoms. The third kappa shape index (κ3) is 4.41. The van der Waals surface area contributed by atoms with Gasteiger partial charge in [-0.3, -0.25) is 4.79 Å².